The maximum atomic E-state index is 13.8. The van der Waals surface area contributed by atoms with Crippen LogP contribution >= 0.6 is 0 Å². The molecule has 6 rings (SSSR count). The van der Waals surface area contributed by atoms with Gasteiger partial charge < -0.3 is 44.3 Å². The normalized spacial score (nSPS) is 12.8. The van der Waals surface area contributed by atoms with Gasteiger partial charge in [-0.15, -0.1) is 0 Å². The van der Waals surface area contributed by atoms with E-state index < -0.39 is 34.9 Å². The number of ketones is 1. The molecule has 0 saturated heterocycles. The molecule has 1 aliphatic carbocycles. The molecule has 13 nitrogen and oxygen atoms in total. The third-order valence-electron chi connectivity index (χ3n) is 8.77. The van der Waals surface area contributed by atoms with E-state index in [-0.39, 0.29) is 94.2 Å². The number of Topliss-reactive ketones (excluding diaryl/α,β-unsaturated/α-hetero) is 1. The molecular weight excluding hydrogens is 626 g/mol. The molecule has 4 N–H and O–H groups in total. The molecule has 48 heavy (non-hydrogen) atoms. The number of benzene rings is 5. The summed E-state index contributed by atoms with van der Waals surface area (Å²) < 4.78 is 27.5. The van der Waals surface area contributed by atoms with Gasteiger partial charge in [-0.2, -0.15) is 0 Å². The van der Waals surface area contributed by atoms with Gasteiger partial charge in [0.25, 0.3) is 0 Å². The van der Waals surface area contributed by atoms with Crippen molar-refractivity contribution >= 4 is 66.1 Å². The Hall–Kier alpha value is -5.40. The van der Waals surface area contributed by atoms with Crippen LogP contribution < -0.4 is 30.4 Å². The third-order valence-corrected chi connectivity index (χ3v) is 8.77. The monoisotopic (exact) mass is 659 g/mol. The number of carbonyl (C=O) groups is 2. The van der Waals surface area contributed by atoms with E-state index in [1.165, 1.54) is 40.4 Å². The highest BCUT2D eigenvalue weighted by Gasteiger charge is 2.36. The number of esters is 1. The minimum Gasteiger partial charge on any atom is -0.505 e. The van der Waals surface area contributed by atoms with Crippen LogP contribution in [0.5, 0.6) is 28.7 Å². The molecule has 5 aromatic carbocycles. The zero-order valence-electron chi connectivity index (χ0n) is 26.9. The van der Waals surface area contributed by atoms with Crippen LogP contribution in [-0.4, -0.2) is 81.4 Å². The fourth-order valence-electron chi connectivity index (χ4n) is 7.04. The van der Waals surface area contributed by atoms with Crippen LogP contribution in [0.15, 0.2) is 27.3 Å². The Morgan fingerprint density at radius 2 is 1.40 bits per heavy atom. The first-order chi connectivity index (χ1) is 23.0. The topological polar surface area (TPSA) is 187 Å². The average molecular weight is 660 g/mol. The molecular formula is C35H33NO12. The lowest BCUT2D eigenvalue weighted by Crippen LogP contribution is -2.20. The summed E-state index contributed by atoms with van der Waals surface area (Å²) in [5.41, 5.74) is 0.241. The van der Waals surface area contributed by atoms with Crippen LogP contribution in [0.3, 0.4) is 0 Å². The van der Waals surface area contributed by atoms with Crippen molar-refractivity contribution in [2.45, 2.75) is 20.3 Å². The highest BCUT2D eigenvalue weighted by Crippen LogP contribution is 2.57. The van der Waals surface area contributed by atoms with E-state index in [1.807, 2.05) is 0 Å². The molecule has 0 radical (unpaired) electrons. The van der Waals surface area contributed by atoms with E-state index >= 15 is 0 Å². The lowest BCUT2D eigenvalue weighted by atomic mass is 9.82. The van der Waals surface area contributed by atoms with E-state index in [2.05, 4.69) is 5.32 Å². The summed E-state index contributed by atoms with van der Waals surface area (Å²) in [4.78, 5) is 53.7. The van der Waals surface area contributed by atoms with Gasteiger partial charge in [-0.3, -0.25) is 19.2 Å². The number of phenolic OH excluding ortho intramolecular Hbond substituents is 2. The Morgan fingerprint density at radius 1 is 0.792 bits per heavy atom. The van der Waals surface area contributed by atoms with Crippen LogP contribution in [0.25, 0.3) is 48.7 Å². The van der Waals surface area contributed by atoms with Crippen molar-refractivity contribution in [1.82, 2.24) is 0 Å². The van der Waals surface area contributed by atoms with Gasteiger partial charge in [-0.05, 0) is 31.2 Å². The summed E-state index contributed by atoms with van der Waals surface area (Å²) in [6.07, 6.45) is 0.0502. The standard InChI is InChI=1S/C35H33NO12/c1-14-10-16-23-28-24(33(42)32(16)36-13-21(41)48-9-8-47-7-6-37)17(39)11-19(44-3)26(28)27-20(45-4)12-18(40)25-30(27)29(23)31(22(14)15(2)38)35(46-5)34(25)43/h11-12,36-37,42-43H,6-10,13H2,1-5H3. The van der Waals surface area contributed by atoms with Crippen molar-refractivity contribution in [3.05, 3.63) is 49.3 Å². The number of fused-ring (bicyclic) bond motifs is 1. The predicted molar refractivity (Wildman–Crippen MR) is 179 cm³/mol. The van der Waals surface area contributed by atoms with Crippen LogP contribution in [-0.2, 0) is 25.5 Å². The largest absolute Gasteiger partial charge is 0.505 e. The molecule has 0 aromatic heterocycles. The van der Waals surface area contributed by atoms with Crippen molar-refractivity contribution in [3.63, 3.8) is 0 Å². The quantitative estimate of drug-likeness (QED) is 0.0503. The summed E-state index contributed by atoms with van der Waals surface area (Å²) in [6.45, 7) is 2.58. The first-order valence-electron chi connectivity index (χ1n) is 15.1. The van der Waals surface area contributed by atoms with E-state index in [0.29, 0.717) is 32.7 Å². The second-order valence-electron chi connectivity index (χ2n) is 11.4. The third kappa shape index (κ3) is 4.68. The second kappa shape index (κ2) is 12.3. The Balaban J connectivity index is 1.82. The fourth-order valence-corrected chi connectivity index (χ4v) is 7.04. The maximum Gasteiger partial charge on any atom is 0.325 e. The molecule has 0 bridgehead atoms. The highest BCUT2D eigenvalue weighted by molar-refractivity contribution is 6.42. The average Bonchev–Trinajstić information content (AvgIpc) is 3.18. The first kappa shape index (κ1) is 32.5. The second-order valence-corrected chi connectivity index (χ2v) is 11.4. The number of rotatable bonds is 12. The van der Waals surface area contributed by atoms with Gasteiger partial charge in [0, 0.05) is 50.2 Å². The molecule has 5 aromatic rings. The number of methoxy groups -OCH3 is 3. The molecule has 1 aliphatic rings. The SMILES string of the molecule is COc1c(O)c2c(=O)cc(OC)c3c4c(OC)cc(=O)c5c(O)c(NCC(=O)OCCOCCO)c6c(c(c1C(C(C)=O)=C(C)C6)c23)c54. The molecule has 0 fully saturated rings. The Morgan fingerprint density at radius 3 is 1.96 bits per heavy atom. The van der Waals surface area contributed by atoms with Crippen LogP contribution in [0.2, 0.25) is 0 Å². The first-order valence-corrected chi connectivity index (χ1v) is 15.1. The number of nitrogens with one attached hydrogen (secondary N) is 1. The number of hydrogen-bond donors (Lipinski definition) is 4. The number of anilines is 1. The molecule has 0 unspecified atom stereocenters. The number of aliphatic hydroxyl groups is 1. The number of ether oxygens (including phenoxy) is 5. The molecule has 250 valence electrons. The van der Waals surface area contributed by atoms with Crippen molar-refractivity contribution in [2.75, 3.05) is 59.6 Å². The maximum absolute atomic E-state index is 13.8. The zero-order valence-corrected chi connectivity index (χ0v) is 26.9. The van der Waals surface area contributed by atoms with Gasteiger partial charge >= 0.3 is 5.97 Å². The van der Waals surface area contributed by atoms with Crippen LogP contribution in [0.1, 0.15) is 25.0 Å². The number of phenols is 2. The fraction of sp³-hybridized carbons (Fsp3) is 0.314. The molecule has 0 saturated carbocycles. The summed E-state index contributed by atoms with van der Waals surface area (Å²) in [7, 11) is 4.07. The lowest BCUT2D eigenvalue weighted by Gasteiger charge is -2.24. The van der Waals surface area contributed by atoms with E-state index in [9.17, 15) is 29.4 Å². The van der Waals surface area contributed by atoms with Gasteiger partial charge in [0.15, 0.2) is 33.9 Å². The highest BCUT2D eigenvalue weighted by atomic mass is 16.6. The van der Waals surface area contributed by atoms with E-state index in [0.717, 1.165) is 0 Å². The zero-order chi connectivity index (χ0) is 34.6. The van der Waals surface area contributed by atoms with Crippen molar-refractivity contribution in [3.8, 4) is 28.7 Å². The van der Waals surface area contributed by atoms with Gasteiger partial charge in [-0.1, -0.05) is 5.57 Å². The number of allylic oxidation sites excluding steroid dienone is 2. The van der Waals surface area contributed by atoms with Gasteiger partial charge in [0.05, 0.1) is 57.6 Å². The number of hydrogen-bond acceptors (Lipinski definition) is 13. The van der Waals surface area contributed by atoms with E-state index in [1.54, 1.807) is 6.92 Å². The minimum atomic E-state index is -0.688. The van der Waals surface area contributed by atoms with Gasteiger partial charge in [0.1, 0.15) is 24.7 Å². The summed E-state index contributed by atoms with van der Waals surface area (Å²) in [5.74, 6) is -1.83. The van der Waals surface area contributed by atoms with Crippen molar-refractivity contribution in [2.24, 2.45) is 0 Å². The van der Waals surface area contributed by atoms with Crippen LogP contribution in [0.4, 0.5) is 5.69 Å². The molecule has 0 atom stereocenters. The molecule has 0 aliphatic heterocycles. The Labute approximate surface area is 272 Å². The number of aliphatic hydroxyl groups excluding tert-OH is 1. The molecule has 0 spiro atoms. The van der Waals surface area contributed by atoms with Crippen molar-refractivity contribution < 1.29 is 48.6 Å². The minimum absolute atomic E-state index is 0.0446. The lowest BCUT2D eigenvalue weighted by molar-refractivity contribution is -0.143. The Kier molecular flexibility index (Phi) is 8.35. The van der Waals surface area contributed by atoms with Gasteiger partial charge in [0.2, 0.25) is 0 Å². The number of aromatic hydroxyl groups is 2. The summed E-state index contributed by atoms with van der Waals surface area (Å²) in [6, 6.07) is 2.42. The smallest absolute Gasteiger partial charge is 0.325 e. The van der Waals surface area contributed by atoms with Crippen LogP contribution in [0, 0.1) is 0 Å². The molecule has 0 heterocycles. The van der Waals surface area contributed by atoms with Crippen molar-refractivity contribution in [1.29, 1.82) is 0 Å². The summed E-state index contributed by atoms with van der Waals surface area (Å²) in [5, 5.41) is 37.0. The summed E-state index contributed by atoms with van der Waals surface area (Å²) >= 11 is 0. The molecule has 0 amide bonds. The van der Waals surface area contributed by atoms with E-state index in [4.69, 9.17) is 28.8 Å². The predicted octanol–water partition coefficient (Wildman–Crippen LogP) is 3.22. The van der Waals surface area contributed by atoms with Gasteiger partial charge in [-0.25, -0.2) is 0 Å². The number of carbonyl (C=O) groups excluding carboxylic acids is 2. The molecule has 13 heteroatoms. The Bertz CT molecular complexity index is 2310.